The minimum Gasteiger partial charge on any atom is -0.500 e. The Morgan fingerprint density at radius 3 is 2.61 bits per heavy atom. The molecule has 2 N–H and O–H groups in total. The van der Waals surface area contributed by atoms with Crippen LogP contribution in [0.15, 0.2) is 47.6 Å². The van der Waals surface area contributed by atoms with E-state index < -0.39 is 16.4 Å². The third-order valence-corrected chi connectivity index (χ3v) is 5.05. The maximum absolute atomic E-state index is 12.1. The van der Waals surface area contributed by atoms with Gasteiger partial charge in [-0.15, -0.1) is 0 Å². The molecule has 0 spiro atoms. The molecule has 1 aliphatic heterocycles. The van der Waals surface area contributed by atoms with Gasteiger partial charge in [0.2, 0.25) is 11.7 Å². The quantitative estimate of drug-likeness (QED) is 0.375. The predicted octanol–water partition coefficient (Wildman–Crippen LogP) is 1.97. The third-order valence-electron chi connectivity index (χ3n) is 5.05. The van der Waals surface area contributed by atoms with E-state index in [0.717, 1.165) is 32.2 Å². The number of nitro groups is 1. The molecule has 1 heterocycles. The molecule has 31 heavy (non-hydrogen) atoms. The van der Waals surface area contributed by atoms with Gasteiger partial charge in [0.05, 0.1) is 18.2 Å². The molecule has 10 heteroatoms. The molecule has 0 atom stereocenters. The molecule has 10 nitrogen and oxygen atoms in total. The molecular weight excluding hydrogens is 402 g/mol. The Kier molecular flexibility index (Phi) is 7.39. The third kappa shape index (κ3) is 5.92. The Morgan fingerprint density at radius 2 is 1.97 bits per heavy atom. The number of nitro benzene ring substituents is 1. The SMILES string of the molecule is COc1cc(/C=N/NC(=O)CCN2CCN(c3ccccc3)CC2)cc([N+](=O)[O-])c1O. The Bertz CT molecular complexity index is 943. The van der Waals surface area contributed by atoms with Crippen molar-refractivity contribution in [3.63, 3.8) is 0 Å². The first kappa shape index (κ1) is 22.0. The minimum atomic E-state index is -0.717. The van der Waals surface area contributed by atoms with Crippen molar-refractivity contribution in [2.24, 2.45) is 5.10 Å². The van der Waals surface area contributed by atoms with E-state index in [2.05, 4.69) is 32.5 Å². The van der Waals surface area contributed by atoms with Gasteiger partial charge in [0.1, 0.15) is 0 Å². The first-order valence-electron chi connectivity index (χ1n) is 9.87. The molecule has 2 aromatic rings. The van der Waals surface area contributed by atoms with E-state index in [4.69, 9.17) is 4.74 Å². The molecule has 1 amide bonds. The van der Waals surface area contributed by atoms with Crippen LogP contribution >= 0.6 is 0 Å². The zero-order valence-electron chi connectivity index (χ0n) is 17.2. The zero-order valence-corrected chi connectivity index (χ0v) is 17.2. The van der Waals surface area contributed by atoms with Crippen molar-refractivity contribution < 1.29 is 19.6 Å². The number of aromatic hydroxyl groups is 1. The number of hydrogen-bond acceptors (Lipinski definition) is 8. The first-order valence-corrected chi connectivity index (χ1v) is 9.87. The number of benzene rings is 2. The van der Waals surface area contributed by atoms with Gasteiger partial charge in [-0.1, -0.05) is 18.2 Å². The van der Waals surface area contributed by atoms with Crippen LogP contribution in [-0.2, 0) is 4.79 Å². The Balaban J connectivity index is 1.45. The van der Waals surface area contributed by atoms with Crippen LogP contribution in [0.25, 0.3) is 0 Å². The fraction of sp³-hybridized carbons (Fsp3) is 0.333. The van der Waals surface area contributed by atoms with Crippen molar-refractivity contribution >= 4 is 23.5 Å². The molecule has 0 saturated carbocycles. The molecule has 164 valence electrons. The smallest absolute Gasteiger partial charge is 0.315 e. The second-order valence-electron chi connectivity index (χ2n) is 7.06. The van der Waals surface area contributed by atoms with E-state index in [1.54, 1.807) is 0 Å². The van der Waals surface area contributed by atoms with Crippen LogP contribution in [-0.4, -0.2) is 66.9 Å². The van der Waals surface area contributed by atoms with Crippen molar-refractivity contribution in [3.05, 3.63) is 58.1 Å². The summed E-state index contributed by atoms with van der Waals surface area (Å²) in [6.45, 7) is 4.20. The average molecular weight is 427 g/mol. The molecule has 0 bridgehead atoms. The van der Waals surface area contributed by atoms with Crippen molar-refractivity contribution in [2.75, 3.05) is 44.7 Å². The minimum absolute atomic E-state index is 0.0448. The number of piperazine rings is 1. The Labute approximate surface area is 179 Å². The zero-order chi connectivity index (χ0) is 22.2. The maximum atomic E-state index is 12.1. The molecule has 0 unspecified atom stereocenters. The number of methoxy groups -OCH3 is 1. The van der Waals surface area contributed by atoms with E-state index in [-0.39, 0.29) is 11.7 Å². The number of phenolic OH excluding ortho intramolecular Hbond substituents is 1. The second kappa shape index (κ2) is 10.4. The number of hydrazone groups is 1. The van der Waals surface area contributed by atoms with Gasteiger partial charge < -0.3 is 14.7 Å². The molecule has 1 saturated heterocycles. The number of hydrogen-bond donors (Lipinski definition) is 2. The highest BCUT2D eigenvalue weighted by atomic mass is 16.6. The van der Waals surface area contributed by atoms with Crippen molar-refractivity contribution in [3.8, 4) is 11.5 Å². The summed E-state index contributed by atoms with van der Waals surface area (Å²) in [5, 5.41) is 24.7. The number of nitrogens with zero attached hydrogens (tertiary/aromatic N) is 4. The summed E-state index contributed by atoms with van der Waals surface area (Å²) in [6, 6.07) is 12.8. The van der Waals surface area contributed by atoms with Gasteiger partial charge in [-0.25, -0.2) is 5.43 Å². The van der Waals surface area contributed by atoms with Gasteiger partial charge in [-0.05, 0) is 18.2 Å². The summed E-state index contributed by atoms with van der Waals surface area (Å²) in [7, 11) is 1.29. The van der Waals surface area contributed by atoms with Gasteiger partial charge in [0.25, 0.3) is 0 Å². The van der Waals surface area contributed by atoms with Gasteiger partial charge in [0.15, 0.2) is 5.75 Å². The highest BCUT2D eigenvalue weighted by Crippen LogP contribution is 2.36. The number of carbonyl (C=O) groups is 1. The van der Waals surface area contributed by atoms with E-state index in [9.17, 15) is 20.0 Å². The summed E-state index contributed by atoms with van der Waals surface area (Å²) < 4.78 is 4.93. The van der Waals surface area contributed by atoms with Crippen LogP contribution in [0.5, 0.6) is 11.5 Å². The van der Waals surface area contributed by atoms with Crippen molar-refractivity contribution in [1.82, 2.24) is 10.3 Å². The van der Waals surface area contributed by atoms with E-state index in [1.165, 1.54) is 25.1 Å². The molecular formula is C21H25N5O5. The average Bonchev–Trinajstić information content (AvgIpc) is 2.79. The monoisotopic (exact) mass is 427 g/mol. The van der Waals surface area contributed by atoms with Gasteiger partial charge in [-0.3, -0.25) is 19.8 Å². The van der Waals surface area contributed by atoms with Gasteiger partial charge in [-0.2, -0.15) is 5.10 Å². The number of rotatable bonds is 8. The lowest BCUT2D eigenvalue weighted by Gasteiger charge is -2.36. The topological polar surface area (TPSA) is 121 Å². The van der Waals surface area contributed by atoms with Gasteiger partial charge >= 0.3 is 5.69 Å². The molecule has 1 fully saturated rings. The molecule has 0 aliphatic carbocycles. The molecule has 1 aliphatic rings. The van der Waals surface area contributed by atoms with E-state index in [0.29, 0.717) is 18.5 Å². The number of phenols is 1. The number of nitrogens with one attached hydrogen (secondary N) is 1. The lowest BCUT2D eigenvalue weighted by atomic mass is 10.2. The van der Waals surface area contributed by atoms with Crippen LogP contribution in [0, 0.1) is 10.1 Å². The normalized spacial score (nSPS) is 14.5. The first-order chi connectivity index (χ1) is 15.0. The van der Waals surface area contributed by atoms with Crippen LogP contribution in [0.4, 0.5) is 11.4 Å². The fourth-order valence-electron chi connectivity index (χ4n) is 3.35. The maximum Gasteiger partial charge on any atom is 0.315 e. The van der Waals surface area contributed by atoms with Crippen LogP contribution < -0.4 is 15.1 Å². The summed E-state index contributed by atoms with van der Waals surface area (Å²) in [4.78, 5) is 26.9. The predicted molar refractivity (Wildman–Crippen MR) is 117 cm³/mol. The molecule has 2 aromatic carbocycles. The largest absolute Gasteiger partial charge is 0.500 e. The summed E-state index contributed by atoms with van der Waals surface area (Å²) in [5.41, 5.74) is 3.45. The lowest BCUT2D eigenvalue weighted by molar-refractivity contribution is -0.386. The molecule has 3 rings (SSSR count). The summed E-state index contributed by atoms with van der Waals surface area (Å²) in [5.74, 6) is -0.848. The van der Waals surface area contributed by atoms with Crippen LogP contribution in [0.3, 0.4) is 0 Å². The van der Waals surface area contributed by atoms with E-state index >= 15 is 0 Å². The number of carbonyl (C=O) groups excluding carboxylic acids is 1. The Hall–Kier alpha value is -3.66. The number of para-hydroxylation sites is 1. The lowest BCUT2D eigenvalue weighted by Crippen LogP contribution is -2.47. The molecule has 0 aromatic heterocycles. The van der Waals surface area contributed by atoms with Crippen molar-refractivity contribution in [2.45, 2.75) is 6.42 Å². The van der Waals surface area contributed by atoms with Crippen molar-refractivity contribution in [1.29, 1.82) is 0 Å². The summed E-state index contributed by atoms with van der Waals surface area (Å²) in [6.07, 6.45) is 1.56. The summed E-state index contributed by atoms with van der Waals surface area (Å²) >= 11 is 0. The second-order valence-corrected chi connectivity index (χ2v) is 7.06. The molecule has 0 radical (unpaired) electrons. The van der Waals surface area contributed by atoms with Crippen LogP contribution in [0.1, 0.15) is 12.0 Å². The highest BCUT2D eigenvalue weighted by molar-refractivity contribution is 5.84. The van der Waals surface area contributed by atoms with Gasteiger partial charge in [0, 0.05) is 56.5 Å². The van der Waals surface area contributed by atoms with E-state index in [1.807, 2.05) is 18.2 Å². The fourth-order valence-corrected chi connectivity index (χ4v) is 3.35. The van der Waals surface area contributed by atoms with Crippen LogP contribution in [0.2, 0.25) is 0 Å². The Morgan fingerprint density at radius 1 is 1.26 bits per heavy atom. The highest BCUT2D eigenvalue weighted by Gasteiger charge is 2.20. The number of ether oxygens (including phenoxy) is 1. The number of anilines is 1. The standard InChI is InChI=1S/C21H25N5O5/c1-31-19-14-16(13-18(21(19)28)26(29)30)15-22-23-20(27)7-8-24-9-11-25(12-10-24)17-5-3-2-4-6-17/h2-6,13-15,28H,7-12H2,1H3,(H,23,27)/b22-15+. The number of amides is 1.